The van der Waals surface area contributed by atoms with E-state index in [9.17, 15) is 0 Å². The number of anilines is 1. The van der Waals surface area contributed by atoms with E-state index in [0.717, 1.165) is 30.4 Å². The van der Waals surface area contributed by atoms with Gasteiger partial charge >= 0.3 is 0 Å². The van der Waals surface area contributed by atoms with Crippen LogP contribution in [-0.4, -0.2) is 6.61 Å². The van der Waals surface area contributed by atoms with Gasteiger partial charge in [-0.2, -0.15) is 0 Å². The molecule has 0 spiro atoms. The smallest absolute Gasteiger partial charge is 0.156 e. The van der Waals surface area contributed by atoms with E-state index in [1.807, 2.05) is 25.1 Å². The van der Waals surface area contributed by atoms with E-state index in [-0.39, 0.29) is 0 Å². The molecule has 2 aromatic rings. The Labute approximate surface area is 154 Å². The van der Waals surface area contributed by atoms with Gasteiger partial charge in [0.05, 0.1) is 16.8 Å². The molecule has 0 amide bonds. The first-order valence-corrected chi connectivity index (χ1v) is 9.06. The van der Waals surface area contributed by atoms with Gasteiger partial charge in [-0.3, -0.25) is 0 Å². The van der Waals surface area contributed by atoms with Crippen LogP contribution in [0.4, 0.5) is 5.69 Å². The number of benzene rings is 2. The molecule has 0 unspecified atom stereocenters. The molecular weight excluding hydrogens is 485 g/mol. The SMILES string of the molecule is CCOc1c(Br)cc(Cl)cc1NCc1ccc(Br)c(Br)c1. The monoisotopic (exact) mass is 495 g/mol. The molecule has 0 heterocycles. The van der Waals surface area contributed by atoms with Crippen molar-refractivity contribution in [3.05, 3.63) is 54.3 Å². The fourth-order valence-electron chi connectivity index (χ4n) is 1.83. The molecule has 0 radical (unpaired) electrons. The molecule has 2 aromatic carbocycles. The zero-order chi connectivity index (χ0) is 15.4. The van der Waals surface area contributed by atoms with E-state index in [0.29, 0.717) is 18.2 Å². The molecule has 0 atom stereocenters. The van der Waals surface area contributed by atoms with Crippen LogP contribution < -0.4 is 10.1 Å². The standard InChI is InChI=1S/C15H13Br3ClNO/c1-2-21-15-13(18)6-10(19)7-14(15)20-8-9-3-4-11(16)12(17)5-9/h3-7,20H,2,8H2,1H3. The molecule has 21 heavy (non-hydrogen) atoms. The third kappa shape index (κ3) is 4.62. The fourth-order valence-corrected chi connectivity index (χ4v) is 3.43. The van der Waals surface area contributed by atoms with Crippen LogP contribution in [-0.2, 0) is 6.54 Å². The second kappa shape index (κ2) is 7.86. The second-order valence-corrected chi connectivity index (χ2v) is 7.30. The van der Waals surface area contributed by atoms with Crippen molar-refractivity contribution in [1.82, 2.24) is 0 Å². The lowest BCUT2D eigenvalue weighted by molar-refractivity contribution is 0.339. The molecular formula is C15H13Br3ClNO. The summed E-state index contributed by atoms with van der Waals surface area (Å²) in [6, 6.07) is 9.83. The third-order valence-electron chi connectivity index (χ3n) is 2.76. The maximum absolute atomic E-state index is 6.11. The summed E-state index contributed by atoms with van der Waals surface area (Å²) in [6.45, 7) is 3.23. The maximum atomic E-state index is 6.11. The van der Waals surface area contributed by atoms with E-state index < -0.39 is 0 Å². The Balaban J connectivity index is 2.20. The van der Waals surface area contributed by atoms with Gasteiger partial charge in [0, 0.05) is 20.5 Å². The van der Waals surface area contributed by atoms with Crippen molar-refractivity contribution in [2.75, 3.05) is 11.9 Å². The Hall–Kier alpha value is -0.230. The Bertz CT molecular complexity index is 649. The van der Waals surface area contributed by atoms with Crippen LogP contribution in [0.15, 0.2) is 43.7 Å². The molecule has 2 nitrogen and oxygen atoms in total. The molecule has 0 bridgehead atoms. The molecule has 0 aliphatic rings. The average molecular weight is 498 g/mol. The van der Waals surface area contributed by atoms with Gasteiger partial charge in [0.1, 0.15) is 0 Å². The van der Waals surface area contributed by atoms with E-state index in [1.54, 1.807) is 0 Å². The molecule has 0 saturated carbocycles. The van der Waals surface area contributed by atoms with Crippen molar-refractivity contribution < 1.29 is 4.74 Å². The van der Waals surface area contributed by atoms with Crippen LogP contribution in [0.1, 0.15) is 12.5 Å². The largest absolute Gasteiger partial charge is 0.491 e. The molecule has 1 N–H and O–H groups in total. The molecule has 0 saturated heterocycles. The number of hydrogen-bond acceptors (Lipinski definition) is 2. The van der Waals surface area contributed by atoms with Crippen molar-refractivity contribution in [2.24, 2.45) is 0 Å². The lowest BCUT2D eigenvalue weighted by Crippen LogP contribution is -2.03. The number of rotatable bonds is 5. The first-order valence-electron chi connectivity index (χ1n) is 6.31. The van der Waals surface area contributed by atoms with E-state index in [4.69, 9.17) is 16.3 Å². The zero-order valence-corrected chi connectivity index (χ0v) is 16.7. The highest BCUT2D eigenvalue weighted by Gasteiger charge is 2.10. The number of ether oxygens (including phenoxy) is 1. The topological polar surface area (TPSA) is 21.3 Å². The minimum atomic E-state index is 0.596. The minimum Gasteiger partial charge on any atom is -0.491 e. The third-order valence-corrected chi connectivity index (χ3v) is 5.45. The van der Waals surface area contributed by atoms with Crippen molar-refractivity contribution in [3.8, 4) is 5.75 Å². The highest BCUT2D eigenvalue weighted by molar-refractivity contribution is 9.13. The predicted molar refractivity (Wildman–Crippen MR) is 99.5 cm³/mol. The number of nitrogens with one attached hydrogen (secondary N) is 1. The van der Waals surface area contributed by atoms with E-state index in [2.05, 4.69) is 65.2 Å². The molecule has 0 aliphatic heterocycles. The van der Waals surface area contributed by atoms with Crippen molar-refractivity contribution in [1.29, 1.82) is 0 Å². The number of hydrogen-bond donors (Lipinski definition) is 1. The van der Waals surface area contributed by atoms with Crippen LogP contribution in [0.3, 0.4) is 0 Å². The lowest BCUT2D eigenvalue weighted by atomic mass is 10.2. The van der Waals surface area contributed by atoms with Crippen LogP contribution >= 0.6 is 59.4 Å². The Morgan fingerprint density at radius 1 is 1.05 bits per heavy atom. The zero-order valence-electron chi connectivity index (χ0n) is 11.2. The Morgan fingerprint density at radius 2 is 1.81 bits per heavy atom. The summed E-state index contributed by atoms with van der Waals surface area (Å²) in [5.41, 5.74) is 2.03. The predicted octanol–water partition coefficient (Wildman–Crippen LogP) is 6.64. The van der Waals surface area contributed by atoms with Gasteiger partial charge in [-0.25, -0.2) is 0 Å². The lowest BCUT2D eigenvalue weighted by Gasteiger charge is -2.15. The maximum Gasteiger partial charge on any atom is 0.156 e. The summed E-state index contributed by atoms with van der Waals surface area (Å²) < 4.78 is 8.57. The normalized spacial score (nSPS) is 10.5. The molecule has 112 valence electrons. The van der Waals surface area contributed by atoms with Gasteiger partial charge in [0.25, 0.3) is 0 Å². The van der Waals surface area contributed by atoms with Gasteiger partial charge in [0.15, 0.2) is 5.75 Å². The van der Waals surface area contributed by atoms with Crippen LogP contribution in [0.25, 0.3) is 0 Å². The van der Waals surface area contributed by atoms with Crippen LogP contribution in [0.2, 0.25) is 5.02 Å². The van der Waals surface area contributed by atoms with Crippen LogP contribution in [0, 0.1) is 0 Å². The summed E-state index contributed by atoms with van der Waals surface area (Å²) in [5, 5.41) is 4.02. The summed E-state index contributed by atoms with van der Waals surface area (Å²) in [4.78, 5) is 0. The summed E-state index contributed by atoms with van der Waals surface area (Å²) in [5.74, 6) is 0.776. The molecule has 0 aromatic heterocycles. The number of halogens is 4. The van der Waals surface area contributed by atoms with Crippen molar-refractivity contribution >= 4 is 65.1 Å². The van der Waals surface area contributed by atoms with E-state index >= 15 is 0 Å². The van der Waals surface area contributed by atoms with Gasteiger partial charge in [-0.05, 0) is 84.5 Å². The summed E-state index contributed by atoms with van der Waals surface area (Å²) >= 11 is 16.6. The quantitative estimate of drug-likeness (QED) is 0.499. The molecule has 0 fully saturated rings. The van der Waals surface area contributed by atoms with E-state index in [1.165, 1.54) is 0 Å². The highest BCUT2D eigenvalue weighted by Crippen LogP contribution is 2.37. The average Bonchev–Trinajstić information content (AvgIpc) is 2.43. The van der Waals surface area contributed by atoms with Gasteiger partial charge < -0.3 is 10.1 Å². The Morgan fingerprint density at radius 3 is 2.48 bits per heavy atom. The van der Waals surface area contributed by atoms with Gasteiger partial charge in [-0.1, -0.05) is 17.7 Å². The molecule has 6 heteroatoms. The van der Waals surface area contributed by atoms with Crippen LogP contribution in [0.5, 0.6) is 5.75 Å². The fraction of sp³-hybridized carbons (Fsp3) is 0.200. The van der Waals surface area contributed by atoms with Gasteiger partial charge in [0.2, 0.25) is 0 Å². The second-order valence-electron chi connectivity index (χ2n) is 4.30. The van der Waals surface area contributed by atoms with Crippen molar-refractivity contribution in [2.45, 2.75) is 13.5 Å². The molecule has 0 aliphatic carbocycles. The summed E-state index contributed by atoms with van der Waals surface area (Å²) in [7, 11) is 0. The highest BCUT2D eigenvalue weighted by atomic mass is 79.9. The Kier molecular flexibility index (Phi) is 6.41. The first kappa shape index (κ1) is 17.1. The van der Waals surface area contributed by atoms with Gasteiger partial charge in [-0.15, -0.1) is 0 Å². The minimum absolute atomic E-state index is 0.596. The first-order chi connectivity index (χ1) is 10.0. The van der Waals surface area contributed by atoms with Crippen molar-refractivity contribution in [3.63, 3.8) is 0 Å². The molecule has 2 rings (SSSR count). The summed E-state index contributed by atoms with van der Waals surface area (Å²) in [6.07, 6.45) is 0.